The Bertz CT molecular complexity index is 1150. The molecule has 5 rings (SSSR count). The quantitative estimate of drug-likeness (QED) is 0.646. The zero-order chi connectivity index (χ0) is 21.5. The van der Waals surface area contributed by atoms with Crippen molar-refractivity contribution < 1.29 is 18.8 Å². The van der Waals surface area contributed by atoms with Crippen molar-refractivity contribution in [2.75, 3.05) is 13.1 Å². The average Bonchev–Trinajstić information content (AvgIpc) is 3.43. The maximum absolute atomic E-state index is 13.0. The van der Waals surface area contributed by atoms with E-state index in [9.17, 15) is 9.59 Å². The van der Waals surface area contributed by atoms with Gasteiger partial charge in [-0.1, -0.05) is 16.8 Å². The molecule has 1 aromatic carbocycles. The van der Waals surface area contributed by atoms with Gasteiger partial charge in [0.1, 0.15) is 17.5 Å². The van der Waals surface area contributed by atoms with Crippen LogP contribution in [0.15, 0.2) is 41.2 Å². The zero-order valence-electron chi connectivity index (χ0n) is 17.6. The lowest BCUT2D eigenvalue weighted by molar-refractivity contribution is 0.0387. The van der Waals surface area contributed by atoms with Crippen molar-refractivity contribution in [3.8, 4) is 17.0 Å². The van der Waals surface area contributed by atoms with Crippen molar-refractivity contribution >= 4 is 11.7 Å². The molecule has 0 saturated carbocycles. The number of Topliss-reactive ketones (excluding diaryl/α,β-unsaturated/α-hetero) is 1. The van der Waals surface area contributed by atoms with Crippen molar-refractivity contribution in [3.63, 3.8) is 0 Å². The van der Waals surface area contributed by atoms with Gasteiger partial charge in [0.2, 0.25) is 5.76 Å². The molecular weight excluding hydrogens is 396 g/mol. The van der Waals surface area contributed by atoms with Crippen LogP contribution in [0.5, 0.6) is 5.75 Å². The molecule has 3 aromatic rings. The number of benzene rings is 1. The molecule has 1 fully saturated rings. The number of carbonyl (C=O) groups excluding carboxylic acids is 2. The number of piperidine rings is 1. The molecule has 8 heteroatoms. The van der Waals surface area contributed by atoms with E-state index in [1.54, 1.807) is 21.8 Å². The summed E-state index contributed by atoms with van der Waals surface area (Å²) in [5.41, 5.74) is 3.08. The summed E-state index contributed by atoms with van der Waals surface area (Å²) in [6.07, 6.45) is 5.39. The minimum Gasteiger partial charge on any atom is -0.489 e. The summed E-state index contributed by atoms with van der Waals surface area (Å²) in [5.74, 6) is 0.865. The van der Waals surface area contributed by atoms with Crippen LogP contribution in [0.3, 0.4) is 0 Å². The van der Waals surface area contributed by atoms with E-state index in [0.717, 1.165) is 24.0 Å². The van der Waals surface area contributed by atoms with E-state index >= 15 is 0 Å². The third kappa shape index (κ3) is 3.73. The van der Waals surface area contributed by atoms with Crippen LogP contribution in [0.2, 0.25) is 0 Å². The first-order chi connectivity index (χ1) is 15.0. The lowest BCUT2D eigenvalue weighted by atomic mass is 9.86. The second kappa shape index (κ2) is 7.68. The molecule has 2 aromatic heterocycles. The van der Waals surface area contributed by atoms with Crippen molar-refractivity contribution in [1.29, 1.82) is 0 Å². The number of rotatable bonds is 3. The standard InChI is InChI=1S/C23H24N4O4/c1-14-5-6-20-17(8-14)19(28)10-21(30-20)15-4-3-7-27(13-15)23(29)22-9-18(25-31-22)16-11-24-26(2)12-16/h5-6,8-9,11-12,15,21H,3-4,7,10,13H2,1-2H3/t15-,21-/m0/s1. The molecule has 31 heavy (non-hydrogen) atoms. The highest BCUT2D eigenvalue weighted by molar-refractivity contribution is 6.00. The molecule has 4 heterocycles. The molecule has 160 valence electrons. The van der Waals surface area contributed by atoms with Gasteiger partial charge in [0.25, 0.3) is 5.91 Å². The highest BCUT2D eigenvalue weighted by Crippen LogP contribution is 2.34. The largest absolute Gasteiger partial charge is 0.489 e. The van der Waals surface area contributed by atoms with Crippen LogP contribution in [0.4, 0.5) is 0 Å². The normalized spacial score (nSPS) is 21.0. The van der Waals surface area contributed by atoms with Crippen molar-refractivity contribution in [1.82, 2.24) is 19.8 Å². The van der Waals surface area contributed by atoms with Gasteiger partial charge in [0.05, 0.1) is 11.8 Å². The number of aromatic nitrogens is 3. The Morgan fingerprint density at radius 1 is 1.26 bits per heavy atom. The second-order valence-corrected chi connectivity index (χ2v) is 8.42. The predicted molar refractivity (Wildman–Crippen MR) is 112 cm³/mol. The van der Waals surface area contributed by atoms with Crippen LogP contribution in [-0.4, -0.2) is 50.7 Å². The van der Waals surface area contributed by atoms with Crippen molar-refractivity contribution in [3.05, 3.63) is 53.5 Å². The third-order valence-corrected chi connectivity index (χ3v) is 6.09. The number of nitrogens with zero attached hydrogens (tertiary/aromatic N) is 4. The van der Waals surface area contributed by atoms with Gasteiger partial charge in [-0.05, 0) is 31.9 Å². The van der Waals surface area contributed by atoms with Crippen LogP contribution >= 0.6 is 0 Å². The van der Waals surface area contributed by atoms with Gasteiger partial charge in [-0.15, -0.1) is 0 Å². The van der Waals surface area contributed by atoms with Gasteiger partial charge >= 0.3 is 0 Å². The van der Waals surface area contributed by atoms with Gasteiger partial charge < -0.3 is 14.2 Å². The van der Waals surface area contributed by atoms with Gasteiger partial charge in [-0.3, -0.25) is 14.3 Å². The molecule has 1 amide bonds. The number of hydrogen-bond donors (Lipinski definition) is 0. The summed E-state index contributed by atoms with van der Waals surface area (Å²) in [6.45, 7) is 3.14. The Morgan fingerprint density at radius 3 is 2.94 bits per heavy atom. The fourth-order valence-electron chi connectivity index (χ4n) is 4.44. The van der Waals surface area contributed by atoms with Gasteiger partial charge in [0.15, 0.2) is 5.78 Å². The average molecular weight is 420 g/mol. The molecule has 0 unspecified atom stereocenters. The Morgan fingerprint density at radius 2 is 2.13 bits per heavy atom. The van der Waals surface area contributed by atoms with Crippen LogP contribution in [0.1, 0.15) is 45.7 Å². The van der Waals surface area contributed by atoms with E-state index in [0.29, 0.717) is 36.5 Å². The minimum atomic E-state index is -0.223. The summed E-state index contributed by atoms with van der Waals surface area (Å²) >= 11 is 0. The molecule has 2 aliphatic rings. The second-order valence-electron chi connectivity index (χ2n) is 8.42. The third-order valence-electron chi connectivity index (χ3n) is 6.09. The highest BCUT2D eigenvalue weighted by atomic mass is 16.5. The molecule has 2 aliphatic heterocycles. The van der Waals surface area contributed by atoms with Crippen LogP contribution < -0.4 is 4.74 Å². The maximum atomic E-state index is 13.0. The topological polar surface area (TPSA) is 90.5 Å². The SMILES string of the molecule is Cc1ccc2c(c1)C(=O)C[C@@H]([C@H]1CCCN(C(=O)c3cc(-c4cnn(C)c4)no3)C1)O2. The molecule has 2 atom stereocenters. The first kappa shape index (κ1) is 19.5. The summed E-state index contributed by atoms with van der Waals surface area (Å²) in [4.78, 5) is 27.5. The number of ether oxygens (including phenoxy) is 1. The van der Waals surface area contributed by atoms with E-state index in [1.165, 1.54) is 0 Å². The maximum Gasteiger partial charge on any atom is 0.292 e. The molecule has 0 spiro atoms. The smallest absolute Gasteiger partial charge is 0.292 e. The number of aryl methyl sites for hydroxylation is 2. The lowest BCUT2D eigenvalue weighted by Crippen LogP contribution is -2.46. The van der Waals surface area contributed by atoms with Crippen molar-refractivity contribution in [2.45, 2.75) is 32.3 Å². The fraction of sp³-hybridized carbons (Fsp3) is 0.391. The van der Waals surface area contributed by atoms with Gasteiger partial charge in [-0.2, -0.15) is 5.10 Å². The zero-order valence-corrected chi connectivity index (χ0v) is 17.6. The first-order valence-electron chi connectivity index (χ1n) is 10.5. The van der Waals surface area contributed by atoms with E-state index in [2.05, 4.69) is 10.3 Å². The summed E-state index contributed by atoms with van der Waals surface area (Å²) in [7, 11) is 1.82. The molecular formula is C23H24N4O4. The molecule has 0 aliphatic carbocycles. The number of hydrogen-bond acceptors (Lipinski definition) is 6. The van der Waals surface area contributed by atoms with Gasteiger partial charge in [0, 0.05) is 50.3 Å². The lowest BCUT2D eigenvalue weighted by Gasteiger charge is -2.38. The summed E-state index contributed by atoms with van der Waals surface area (Å²) in [5, 5.41) is 8.15. The number of amides is 1. The Labute approximate surface area is 179 Å². The minimum absolute atomic E-state index is 0.0943. The van der Waals surface area contributed by atoms with Gasteiger partial charge in [-0.25, -0.2) is 0 Å². The van der Waals surface area contributed by atoms with Crippen molar-refractivity contribution in [2.24, 2.45) is 13.0 Å². The Kier molecular flexibility index (Phi) is 4.84. The highest BCUT2D eigenvalue weighted by Gasteiger charge is 2.36. The molecule has 0 radical (unpaired) electrons. The first-order valence-corrected chi connectivity index (χ1v) is 10.5. The summed E-state index contributed by atoms with van der Waals surface area (Å²) < 4.78 is 13.2. The molecule has 1 saturated heterocycles. The van der Waals surface area contributed by atoms with Crippen LogP contribution in [-0.2, 0) is 7.05 Å². The van der Waals surface area contributed by atoms with Crippen LogP contribution in [0, 0.1) is 12.8 Å². The molecule has 0 bridgehead atoms. The Balaban J connectivity index is 1.29. The van der Waals surface area contributed by atoms with E-state index in [1.807, 2.05) is 38.4 Å². The predicted octanol–water partition coefficient (Wildman–Crippen LogP) is 3.27. The molecule has 0 N–H and O–H groups in total. The number of likely N-dealkylation sites (tertiary alicyclic amines) is 1. The van der Waals surface area contributed by atoms with E-state index in [4.69, 9.17) is 9.26 Å². The van der Waals surface area contributed by atoms with E-state index < -0.39 is 0 Å². The van der Waals surface area contributed by atoms with E-state index in [-0.39, 0.29) is 29.5 Å². The number of ketones is 1. The monoisotopic (exact) mass is 420 g/mol. The Hall–Kier alpha value is -3.42. The van der Waals surface area contributed by atoms with Crippen LogP contribution in [0.25, 0.3) is 11.3 Å². The number of carbonyl (C=O) groups is 2. The summed E-state index contributed by atoms with van der Waals surface area (Å²) in [6, 6.07) is 7.36. The fourth-order valence-corrected chi connectivity index (χ4v) is 4.44. The molecule has 8 nitrogen and oxygen atoms in total. The number of fused-ring (bicyclic) bond motifs is 1.